The van der Waals surface area contributed by atoms with Crippen molar-refractivity contribution in [3.8, 4) is 0 Å². The van der Waals surface area contributed by atoms with Crippen molar-refractivity contribution >= 4 is 5.91 Å². The number of carbonyl (C=O) groups excluding carboxylic acids is 1. The predicted molar refractivity (Wildman–Crippen MR) is 50.4 cm³/mol. The van der Waals surface area contributed by atoms with E-state index in [1.165, 1.54) is 0 Å². The van der Waals surface area contributed by atoms with Crippen LogP contribution in [0.1, 0.15) is 31.4 Å². The number of primary amides is 1. The van der Waals surface area contributed by atoms with Gasteiger partial charge in [-0.2, -0.15) is 0 Å². The zero-order chi connectivity index (χ0) is 10.2. The second-order valence-electron chi connectivity index (χ2n) is 3.91. The van der Waals surface area contributed by atoms with Crippen molar-refractivity contribution in [1.82, 2.24) is 15.0 Å². The molecule has 14 heavy (non-hydrogen) atoms. The molecule has 5 heteroatoms. The second-order valence-corrected chi connectivity index (χ2v) is 3.91. The standard InChI is InChI=1S/C9H14N4O/c1-7-6-13(12-11-7)9(8(10)14)4-2-3-5-9/h6H,2-5H2,1H3,(H2,10,14). The number of rotatable bonds is 2. The van der Waals surface area contributed by atoms with Gasteiger partial charge in [-0.3, -0.25) is 4.79 Å². The van der Waals surface area contributed by atoms with Crippen molar-refractivity contribution in [2.24, 2.45) is 5.73 Å². The van der Waals surface area contributed by atoms with Crippen molar-refractivity contribution in [2.45, 2.75) is 38.1 Å². The Hall–Kier alpha value is -1.39. The van der Waals surface area contributed by atoms with Crippen LogP contribution in [0.15, 0.2) is 6.20 Å². The summed E-state index contributed by atoms with van der Waals surface area (Å²) in [7, 11) is 0. The van der Waals surface area contributed by atoms with Crippen molar-refractivity contribution < 1.29 is 4.79 Å². The number of hydrogen-bond acceptors (Lipinski definition) is 3. The molecule has 0 atom stereocenters. The second kappa shape index (κ2) is 3.08. The molecule has 1 fully saturated rings. The fourth-order valence-electron chi connectivity index (χ4n) is 2.10. The summed E-state index contributed by atoms with van der Waals surface area (Å²) in [5.74, 6) is -0.292. The maximum atomic E-state index is 11.5. The first-order valence-electron chi connectivity index (χ1n) is 4.84. The van der Waals surface area contributed by atoms with Crippen LogP contribution in [0.5, 0.6) is 0 Å². The molecule has 5 nitrogen and oxygen atoms in total. The lowest BCUT2D eigenvalue weighted by Crippen LogP contribution is -2.44. The first-order chi connectivity index (χ1) is 6.65. The number of hydrogen-bond donors (Lipinski definition) is 1. The minimum atomic E-state index is -0.610. The summed E-state index contributed by atoms with van der Waals surface area (Å²) >= 11 is 0. The van der Waals surface area contributed by atoms with E-state index in [1.807, 2.05) is 6.92 Å². The van der Waals surface area contributed by atoms with Gasteiger partial charge in [-0.1, -0.05) is 18.1 Å². The molecule has 1 aliphatic carbocycles. The Balaban J connectivity index is 2.41. The molecule has 2 N–H and O–H groups in total. The van der Waals surface area contributed by atoms with Gasteiger partial charge in [0.15, 0.2) is 0 Å². The van der Waals surface area contributed by atoms with Crippen LogP contribution in [0, 0.1) is 6.92 Å². The molecule has 1 saturated carbocycles. The highest BCUT2D eigenvalue weighted by molar-refractivity contribution is 5.82. The smallest absolute Gasteiger partial charge is 0.245 e. The SMILES string of the molecule is Cc1cn(C2(C(N)=O)CCCC2)nn1. The van der Waals surface area contributed by atoms with Crippen molar-refractivity contribution in [2.75, 3.05) is 0 Å². The van der Waals surface area contributed by atoms with E-state index >= 15 is 0 Å². The third-order valence-electron chi connectivity index (χ3n) is 2.94. The van der Waals surface area contributed by atoms with Crippen LogP contribution in [0.4, 0.5) is 0 Å². The molecule has 0 unspecified atom stereocenters. The Bertz CT molecular complexity index is 351. The normalized spacial score (nSPS) is 19.8. The first-order valence-corrected chi connectivity index (χ1v) is 4.84. The molecule has 1 aromatic rings. The molecule has 0 bridgehead atoms. The summed E-state index contributed by atoms with van der Waals surface area (Å²) in [5, 5.41) is 7.85. The Labute approximate surface area is 82.3 Å². The molecule has 76 valence electrons. The number of nitrogens with zero attached hydrogens (tertiary/aromatic N) is 3. The molecule has 2 rings (SSSR count). The monoisotopic (exact) mass is 194 g/mol. The van der Waals surface area contributed by atoms with E-state index in [2.05, 4.69) is 10.3 Å². The van der Waals surface area contributed by atoms with Crippen LogP contribution in [0.2, 0.25) is 0 Å². The van der Waals surface area contributed by atoms with Crippen LogP contribution in [-0.4, -0.2) is 20.9 Å². The van der Waals surface area contributed by atoms with Gasteiger partial charge in [0, 0.05) is 6.20 Å². The van der Waals surface area contributed by atoms with E-state index < -0.39 is 5.54 Å². The maximum Gasteiger partial charge on any atom is 0.245 e. The number of aryl methyl sites for hydroxylation is 1. The fraction of sp³-hybridized carbons (Fsp3) is 0.667. The lowest BCUT2D eigenvalue weighted by molar-refractivity contribution is -0.126. The van der Waals surface area contributed by atoms with E-state index in [0.29, 0.717) is 0 Å². The Morgan fingerprint density at radius 2 is 2.21 bits per heavy atom. The molecule has 1 heterocycles. The van der Waals surface area contributed by atoms with Gasteiger partial charge >= 0.3 is 0 Å². The lowest BCUT2D eigenvalue weighted by Gasteiger charge is -2.24. The number of aromatic nitrogens is 3. The molecule has 0 aromatic carbocycles. The number of nitrogens with two attached hydrogens (primary N) is 1. The predicted octanol–water partition coefficient (Wildman–Crippen LogP) is 0.341. The highest BCUT2D eigenvalue weighted by Crippen LogP contribution is 2.35. The number of carbonyl (C=O) groups is 1. The first kappa shape index (κ1) is 9.18. The zero-order valence-corrected chi connectivity index (χ0v) is 8.23. The van der Waals surface area contributed by atoms with E-state index in [4.69, 9.17) is 5.73 Å². The maximum absolute atomic E-state index is 11.5. The van der Waals surface area contributed by atoms with Gasteiger partial charge in [-0.15, -0.1) is 5.10 Å². The van der Waals surface area contributed by atoms with Crippen LogP contribution in [0.3, 0.4) is 0 Å². The molecule has 0 aliphatic heterocycles. The molecule has 0 radical (unpaired) electrons. The minimum Gasteiger partial charge on any atom is -0.368 e. The summed E-state index contributed by atoms with van der Waals surface area (Å²) in [5.41, 5.74) is 5.65. The van der Waals surface area contributed by atoms with Gasteiger partial charge in [-0.05, 0) is 19.8 Å². The largest absolute Gasteiger partial charge is 0.368 e. The number of amides is 1. The molecule has 1 aliphatic rings. The van der Waals surface area contributed by atoms with E-state index in [-0.39, 0.29) is 5.91 Å². The van der Waals surface area contributed by atoms with Gasteiger partial charge < -0.3 is 5.73 Å². The van der Waals surface area contributed by atoms with Crippen molar-refractivity contribution in [3.63, 3.8) is 0 Å². The molecular weight excluding hydrogens is 180 g/mol. The van der Waals surface area contributed by atoms with E-state index in [1.54, 1.807) is 10.9 Å². The quantitative estimate of drug-likeness (QED) is 0.737. The average Bonchev–Trinajstić information content (AvgIpc) is 2.71. The van der Waals surface area contributed by atoms with Crippen LogP contribution in [-0.2, 0) is 10.3 Å². The van der Waals surface area contributed by atoms with Gasteiger partial charge in [0.05, 0.1) is 5.69 Å². The highest BCUT2D eigenvalue weighted by Gasteiger charge is 2.42. The summed E-state index contributed by atoms with van der Waals surface area (Å²) in [6, 6.07) is 0. The topological polar surface area (TPSA) is 73.8 Å². The van der Waals surface area contributed by atoms with Crippen molar-refractivity contribution in [3.05, 3.63) is 11.9 Å². The summed E-state index contributed by atoms with van der Waals surface area (Å²) in [6.45, 7) is 1.85. The van der Waals surface area contributed by atoms with Crippen LogP contribution in [0.25, 0.3) is 0 Å². The Morgan fingerprint density at radius 3 is 2.64 bits per heavy atom. The van der Waals surface area contributed by atoms with Gasteiger partial charge in [0.1, 0.15) is 5.54 Å². The Kier molecular flexibility index (Phi) is 2.02. The van der Waals surface area contributed by atoms with Crippen molar-refractivity contribution in [1.29, 1.82) is 0 Å². The van der Waals surface area contributed by atoms with Crippen LogP contribution < -0.4 is 5.73 Å². The Morgan fingerprint density at radius 1 is 1.57 bits per heavy atom. The van der Waals surface area contributed by atoms with Gasteiger partial charge in [-0.25, -0.2) is 4.68 Å². The van der Waals surface area contributed by atoms with E-state index in [9.17, 15) is 4.79 Å². The van der Waals surface area contributed by atoms with E-state index in [0.717, 1.165) is 31.4 Å². The third kappa shape index (κ3) is 1.20. The summed E-state index contributed by atoms with van der Waals surface area (Å²) in [4.78, 5) is 11.5. The molecular formula is C9H14N4O. The van der Waals surface area contributed by atoms with Gasteiger partial charge in [0.2, 0.25) is 5.91 Å². The molecule has 1 aromatic heterocycles. The third-order valence-corrected chi connectivity index (χ3v) is 2.94. The fourth-order valence-corrected chi connectivity index (χ4v) is 2.10. The minimum absolute atomic E-state index is 0.292. The summed E-state index contributed by atoms with van der Waals surface area (Å²) < 4.78 is 1.64. The highest BCUT2D eigenvalue weighted by atomic mass is 16.1. The molecule has 1 amide bonds. The van der Waals surface area contributed by atoms with Gasteiger partial charge in [0.25, 0.3) is 0 Å². The molecule has 0 saturated heterocycles. The zero-order valence-electron chi connectivity index (χ0n) is 8.23. The lowest BCUT2D eigenvalue weighted by atomic mass is 9.97. The van der Waals surface area contributed by atoms with Crippen LogP contribution >= 0.6 is 0 Å². The molecule has 0 spiro atoms. The average molecular weight is 194 g/mol. The summed E-state index contributed by atoms with van der Waals surface area (Å²) in [6.07, 6.45) is 5.41.